The standard InChI is InChI=1S/C19H24N4O2/c1-14-8-15(2)10-16(9-14)25-12-19(24)22-17-11-18(21-13-20-17)23-6-4-3-5-7-23/h8-11,13H,3-7,12H2,1-2H3,(H,20,21,22,24). The first-order chi connectivity index (χ1) is 12.1. The van der Waals surface area contributed by atoms with Gasteiger partial charge in [0.05, 0.1) is 0 Å². The van der Waals surface area contributed by atoms with E-state index in [1.165, 1.54) is 25.6 Å². The van der Waals surface area contributed by atoms with Crippen LogP contribution in [-0.2, 0) is 4.79 Å². The summed E-state index contributed by atoms with van der Waals surface area (Å²) in [6.07, 6.45) is 5.11. The van der Waals surface area contributed by atoms with Crippen LogP contribution in [0.5, 0.6) is 5.75 Å². The number of aryl methyl sites for hydroxylation is 2. The lowest BCUT2D eigenvalue weighted by Crippen LogP contribution is -2.30. The monoisotopic (exact) mass is 340 g/mol. The molecule has 132 valence electrons. The van der Waals surface area contributed by atoms with Crippen LogP contribution >= 0.6 is 0 Å². The molecule has 3 rings (SSSR count). The van der Waals surface area contributed by atoms with E-state index in [0.717, 1.165) is 30.0 Å². The van der Waals surface area contributed by atoms with E-state index in [0.29, 0.717) is 11.6 Å². The first-order valence-electron chi connectivity index (χ1n) is 8.68. The number of hydrogen-bond donors (Lipinski definition) is 1. The van der Waals surface area contributed by atoms with E-state index in [4.69, 9.17) is 4.74 Å². The summed E-state index contributed by atoms with van der Waals surface area (Å²) in [5.41, 5.74) is 2.22. The largest absolute Gasteiger partial charge is 0.484 e. The molecule has 0 atom stereocenters. The van der Waals surface area contributed by atoms with Gasteiger partial charge >= 0.3 is 0 Å². The van der Waals surface area contributed by atoms with Crippen LogP contribution in [-0.4, -0.2) is 35.6 Å². The zero-order valence-electron chi connectivity index (χ0n) is 14.8. The number of nitrogens with zero attached hydrogens (tertiary/aromatic N) is 3. The predicted molar refractivity (Wildman–Crippen MR) is 98.1 cm³/mol. The first-order valence-corrected chi connectivity index (χ1v) is 8.68. The van der Waals surface area contributed by atoms with Gasteiger partial charge in [-0.05, 0) is 56.4 Å². The van der Waals surface area contributed by atoms with Crippen molar-refractivity contribution in [3.8, 4) is 5.75 Å². The second-order valence-corrected chi connectivity index (χ2v) is 6.47. The van der Waals surface area contributed by atoms with Crippen LogP contribution in [0.4, 0.5) is 11.6 Å². The molecule has 1 amide bonds. The van der Waals surface area contributed by atoms with Gasteiger partial charge in [0.25, 0.3) is 5.91 Å². The number of amides is 1. The summed E-state index contributed by atoms with van der Waals surface area (Å²) in [7, 11) is 0. The number of anilines is 2. The average Bonchev–Trinajstić information content (AvgIpc) is 2.60. The Balaban J connectivity index is 1.57. The minimum Gasteiger partial charge on any atom is -0.484 e. The summed E-state index contributed by atoms with van der Waals surface area (Å²) in [5, 5.41) is 2.78. The van der Waals surface area contributed by atoms with E-state index in [-0.39, 0.29) is 12.5 Å². The molecule has 1 aromatic carbocycles. The third-order valence-corrected chi connectivity index (χ3v) is 4.17. The smallest absolute Gasteiger partial charge is 0.263 e. The molecular formula is C19H24N4O2. The molecule has 1 fully saturated rings. The third kappa shape index (κ3) is 4.92. The highest BCUT2D eigenvalue weighted by molar-refractivity contribution is 5.91. The molecule has 1 aliphatic rings. The van der Waals surface area contributed by atoms with Crippen LogP contribution in [0.2, 0.25) is 0 Å². The van der Waals surface area contributed by atoms with Crippen molar-refractivity contribution in [2.24, 2.45) is 0 Å². The van der Waals surface area contributed by atoms with Crippen molar-refractivity contribution >= 4 is 17.5 Å². The molecule has 1 N–H and O–H groups in total. The zero-order chi connectivity index (χ0) is 17.6. The Morgan fingerprint density at radius 3 is 2.52 bits per heavy atom. The highest BCUT2D eigenvalue weighted by atomic mass is 16.5. The minimum absolute atomic E-state index is 0.0497. The Morgan fingerprint density at radius 1 is 1.08 bits per heavy atom. The summed E-state index contributed by atoms with van der Waals surface area (Å²) in [6, 6.07) is 7.72. The number of benzene rings is 1. The van der Waals surface area contributed by atoms with Gasteiger partial charge < -0.3 is 15.0 Å². The molecule has 0 unspecified atom stereocenters. The van der Waals surface area contributed by atoms with E-state index in [1.54, 1.807) is 0 Å². The second-order valence-electron chi connectivity index (χ2n) is 6.47. The molecule has 0 aliphatic carbocycles. The molecule has 0 saturated carbocycles. The quantitative estimate of drug-likeness (QED) is 0.906. The second kappa shape index (κ2) is 7.96. The van der Waals surface area contributed by atoms with E-state index in [9.17, 15) is 4.79 Å². The molecular weight excluding hydrogens is 316 g/mol. The molecule has 25 heavy (non-hydrogen) atoms. The molecule has 1 aliphatic heterocycles. The SMILES string of the molecule is Cc1cc(C)cc(OCC(=O)Nc2cc(N3CCCCC3)ncn2)c1. The summed E-state index contributed by atoms with van der Waals surface area (Å²) >= 11 is 0. The summed E-state index contributed by atoms with van der Waals surface area (Å²) < 4.78 is 5.58. The molecule has 0 spiro atoms. The van der Waals surface area contributed by atoms with Crippen molar-refractivity contribution in [1.29, 1.82) is 0 Å². The van der Waals surface area contributed by atoms with Gasteiger partial charge in [-0.2, -0.15) is 0 Å². The van der Waals surface area contributed by atoms with E-state index in [1.807, 2.05) is 32.0 Å². The molecule has 6 nitrogen and oxygen atoms in total. The maximum absolute atomic E-state index is 12.1. The number of nitrogens with one attached hydrogen (secondary N) is 1. The molecule has 1 saturated heterocycles. The fourth-order valence-electron chi connectivity index (χ4n) is 3.06. The molecule has 0 radical (unpaired) electrons. The van der Waals surface area contributed by atoms with Crippen molar-refractivity contribution in [2.75, 3.05) is 29.9 Å². The van der Waals surface area contributed by atoms with E-state index in [2.05, 4.69) is 26.3 Å². The molecule has 2 aromatic rings. The van der Waals surface area contributed by atoms with E-state index < -0.39 is 0 Å². The molecule has 2 heterocycles. The Bertz CT molecular complexity index is 722. The van der Waals surface area contributed by atoms with Gasteiger partial charge in [-0.3, -0.25) is 4.79 Å². The number of carbonyl (C=O) groups excluding carboxylic acids is 1. The van der Waals surface area contributed by atoms with Crippen molar-refractivity contribution in [2.45, 2.75) is 33.1 Å². The number of hydrogen-bond acceptors (Lipinski definition) is 5. The lowest BCUT2D eigenvalue weighted by molar-refractivity contribution is -0.118. The number of rotatable bonds is 5. The number of piperidine rings is 1. The normalized spacial score (nSPS) is 14.2. The van der Waals surface area contributed by atoms with Crippen molar-refractivity contribution in [3.63, 3.8) is 0 Å². The Hall–Kier alpha value is -2.63. The Morgan fingerprint density at radius 2 is 1.80 bits per heavy atom. The van der Waals surface area contributed by atoms with Gasteiger partial charge in [-0.15, -0.1) is 0 Å². The maximum Gasteiger partial charge on any atom is 0.263 e. The van der Waals surface area contributed by atoms with Crippen LogP contribution in [0.3, 0.4) is 0 Å². The topological polar surface area (TPSA) is 67.3 Å². The van der Waals surface area contributed by atoms with Gasteiger partial charge in [0.2, 0.25) is 0 Å². The molecule has 1 aromatic heterocycles. The number of aromatic nitrogens is 2. The molecule has 0 bridgehead atoms. The van der Waals surface area contributed by atoms with Gasteiger partial charge in [0.15, 0.2) is 6.61 Å². The van der Waals surface area contributed by atoms with Gasteiger partial charge in [0, 0.05) is 19.2 Å². The van der Waals surface area contributed by atoms with Gasteiger partial charge in [-0.1, -0.05) is 6.07 Å². The summed E-state index contributed by atoms with van der Waals surface area (Å²) in [6.45, 7) is 5.96. The lowest BCUT2D eigenvalue weighted by atomic mass is 10.1. The fourth-order valence-corrected chi connectivity index (χ4v) is 3.06. The summed E-state index contributed by atoms with van der Waals surface area (Å²) in [5.74, 6) is 1.83. The third-order valence-electron chi connectivity index (χ3n) is 4.17. The van der Waals surface area contributed by atoms with Crippen LogP contribution in [0.15, 0.2) is 30.6 Å². The van der Waals surface area contributed by atoms with Crippen molar-refractivity contribution in [3.05, 3.63) is 41.7 Å². The van der Waals surface area contributed by atoms with Crippen LogP contribution in [0, 0.1) is 13.8 Å². The number of ether oxygens (including phenoxy) is 1. The zero-order valence-corrected chi connectivity index (χ0v) is 14.8. The first kappa shape index (κ1) is 17.2. The van der Waals surface area contributed by atoms with Crippen LogP contribution in [0.25, 0.3) is 0 Å². The van der Waals surface area contributed by atoms with Crippen LogP contribution in [0.1, 0.15) is 30.4 Å². The average molecular weight is 340 g/mol. The van der Waals surface area contributed by atoms with Gasteiger partial charge in [-0.25, -0.2) is 9.97 Å². The van der Waals surface area contributed by atoms with Gasteiger partial charge in [0.1, 0.15) is 23.7 Å². The molecule has 6 heteroatoms. The predicted octanol–water partition coefficient (Wildman–Crippen LogP) is 3.10. The van der Waals surface area contributed by atoms with Crippen LogP contribution < -0.4 is 15.0 Å². The van der Waals surface area contributed by atoms with Crippen molar-refractivity contribution in [1.82, 2.24) is 9.97 Å². The lowest BCUT2D eigenvalue weighted by Gasteiger charge is -2.27. The Kier molecular flexibility index (Phi) is 5.48. The minimum atomic E-state index is -0.234. The van der Waals surface area contributed by atoms with Crippen molar-refractivity contribution < 1.29 is 9.53 Å². The Labute approximate surface area is 148 Å². The highest BCUT2D eigenvalue weighted by Crippen LogP contribution is 2.19. The van der Waals surface area contributed by atoms with E-state index >= 15 is 0 Å². The fraction of sp³-hybridized carbons (Fsp3) is 0.421. The number of carbonyl (C=O) groups is 1. The highest BCUT2D eigenvalue weighted by Gasteiger charge is 2.13. The maximum atomic E-state index is 12.1. The summed E-state index contributed by atoms with van der Waals surface area (Å²) in [4.78, 5) is 22.8.